The fraction of sp³-hybridized carbons (Fsp3) is 0.200. The predicted octanol–water partition coefficient (Wildman–Crippen LogP) is 1.74. The highest BCUT2D eigenvalue weighted by Crippen LogP contribution is 2.11. The minimum Gasteiger partial charge on any atom is -0.477 e. The van der Waals surface area contributed by atoms with Crippen molar-refractivity contribution in [2.45, 2.75) is 6.42 Å². The van der Waals surface area contributed by atoms with E-state index in [4.69, 9.17) is 10.5 Å². The minimum atomic E-state index is 0.239. The normalized spacial score (nSPS) is 10.1. The van der Waals surface area contributed by atoms with Gasteiger partial charge in [0.25, 0.3) is 0 Å². The number of anilines is 1. The molecular weight excluding hydrogens is 210 g/mol. The molecule has 5 heteroatoms. The number of nitrogen functional groups attached to an aromatic ring is 1. The lowest BCUT2D eigenvalue weighted by atomic mass is 10.4. The lowest BCUT2D eigenvalue weighted by Gasteiger charge is -2.03. The molecule has 2 rings (SSSR count). The van der Waals surface area contributed by atoms with Crippen LogP contribution < -0.4 is 10.5 Å². The Morgan fingerprint density at radius 1 is 1.40 bits per heavy atom. The minimum absolute atomic E-state index is 0.239. The zero-order valence-corrected chi connectivity index (χ0v) is 8.91. The summed E-state index contributed by atoms with van der Waals surface area (Å²) >= 11 is 1.72. The van der Waals surface area contributed by atoms with Gasteiger partial charge in [-0.05, 0) is 11.4 Å². The van der Waals surface area contributed by atoms with Crippen LogP contribution in [0.5, 0.6) is 5.88 Å². The molecular formula is C10H11N3OS. The molecule has 0 saturated carbocycles. The van der Waals surface area contributed by atoms with Gasteiger partial charge in [-0.3, -0.25) is 0 Å². The van der Waals surface area contributed by atoms with Crippen molar-refractivity contribution in [3.63, 3.8) is 0 Å². The molecule has 0 aliphatic carbocycles. The van der Waals surface area contributed by atoms with Crippen LogP contribution in [0.4, 0.5) is 5.95 Å². The molecule has 0 bridgehead atoms. The monoisotopic (exact) mass is 221 g/mol. The topological polar surface area (TPSA) is 61.0 Å². The van der Waals surface area contributed by atoms with E-state index in [0.29, 0.717) is 12.5 Å². The van der Waals surface area contributed by atoms with E-state index in [1.165, 1.54) is 4.88 Å². The Hall–Kier alpha value is -1.62. The van der Waals surface area contributed by atoms with Gasteiger partial charge < -0.3 is 10.5 Å². The number of nitrogens with two attached hydrogens (primary N) is 1. The summed E-state index contributed by atoms with van der Waals surface area (Å²) < 4.78 is 5.44. The van der Waals surface area contributed by atoms with Gasteiger partial charge in [0.15, 0.2) is 0 Å². The highest BCUT2D eigenvalue weighted by molar-refractivity contribution is 7.09. The van der Waals surface area contributed by atoms with Crippen molar-refractivity contribution in [1.29, 1.82) is 0 Å². The molecule has 0 spiro atoms. The van der Waals surface area contributed by atoms with Crippen LogP contribution in [-0.2, 0) is 6.42 Å². The van der Waals surface area contributed by atoms with E-state index in [1.54, 1.807) is 23.6 Å². The Morgan fingerprint density at radius 3 is 3.07 bits per heavy atom. The summed E-state index contributed by atoms with van der Waals surface area (Å²) in [6, 6.07) is 5.82. The smallest absolute Gasteiger partial charge is 0.223 e. The maximum absolute atomic E-state index is 5.44. The van der Waals surface area contributed by atoms with Gasteiger partial charge in [-0.25, -0.2) is 4.98 Å². The summed E-state index contributed by atoms with van der Waals surface area (Å²) in [6.45, 7) is 0.608. The molecule has 0 unspecified atom stereocenters. The Bertz CT molecular complexity index is 416. The van der Waals surface area contributed by atoms with Crippen molar-refractivity contribution in [2.24, 2.45) is 0 Å². The second-order valence-corrected chi connectivity index (χ2v) is 3.96. The number of hydrogen-bond acceptors (Lipinski definition) is 5. The molecule has 0 fully saturated rings. The fourth-order valence-electron chi connectivity index (χ4n) is 1.15. The molecule has 2 aromatic heterocycles. The lowest BCUT2D eigenvalue weighted by Crippen LogP contribution is -2.03. The number of hydrogen-bond donors (Lipinski definition) is 1. The van der Waals surface area contributed by atoms with Crippen LogP contribution >= 0.6 is 11.3 Å². The summed E-state index contributed by atoms with van der Waals surface area (Å²) in [6.07, 6.45) is 2.48. The Kier molecular flexibility index (Phi) is 3.14. The Morgan fingerprint density at radius 2 is 2.33 bits per heavy atom. The summed E-state index contributed by atoms with van der Waals surface area (Å²) in [7, 11) is 0. The number of aromatic nitrogens is 2. The van der Waals surface area contributed by atoms with E-state index in [1.807, 2.05) is 6.07 Å². The summed E-state index contributed by atoms with van der Waals surface area (Å²) in [4.78, 5) is 9.03. The van der Waals surface area contributed by atoms with E-state index < -0.39 is 0 Å². The van der Waals surface area contributed by atoms with E-state index >= 15 is 0 Å². The average molecular weight is 221 g/mol. The van der Waals surface area contributed by atoms with Gasteiger partial charge in [-0.15, -0.1) is 11.3 Å². The second-order valence-electron chi connectivity index (χ2n) is 2.93. The number of rotatable bonds is 4. The SMILES string of the molecule is Nc1nccc(OCCc2cccs2)n1. The van der Waals surface area contributed by atoms with Crippen molar-refractivity contribution in [2.75, 3.05) is 12.3 Å². The highest BCUT2D eigenvalue weighted by Gasteiger charge is 1.98. The van der Waals surface area contributed by atoms with Crippen LogP contribution in [0.25, 0.3) is 0 Å². The maximum Gasteiger partial charge on any atom is 0.223 e. The van der Waals surface area contributed by atoms with Crippen molar-refractivity contribution >= 4 is 17.3 Å². The van der Waals surface area contributed by atoms with Gasteiger partial charge in [-0.1, -0.05) is 6.07 Å². The third-order valence-electron chi connectivity index (χ3n) is 1.83. The van der Waals surface area contributed by atoms with E-state index in [9.17, 15) is 0 Å². The molecule has 0 atom stereocenters. The first-order valence-corrected chi connectivity index (χ1v) is 5.46. The summed E-state index contributed by atoms with van der Waals surface area (Å²) in [5.41, 5.74) is 5.42. The van der Waals surface area contributed by atoms with Gasteiger partial charge >= 0.3 is 0 Å². The quantitative estimate of drug-likeness (QED) is 0.854. The molecule has 15 heavy (non-hydrogen) atoms. The van der Waals surface area contributed by atoms with Crippen LogP contribution in [0.2, 0.25) is 0 Å². The molecule has 0 saturated heterocycles. The third-order valence-corrected chi connectivity index (χ3v) is 2.76. The molecule has 2 heterocycles. The van der Waals surface area contributed by atoms with Gasteiger partial charge in [0.1, 0.15) is 0 Å². The van der Waals surface area contributed by atoms with Crippen molar-refractivity contribution in [1.82, 2.24) is 9.97 Å². The zero-order valence-electron chi connectivity index (χ0n) is 8.09. The van der Waals surface area contributed by atoms with Crippen LogP contribution in [0.1, 0.15) is 4.88 Å². The van der Waals surface area contributed by atoms with Gasteiger partial charge in [-0.2, -0.15) is 4.98 Å². The van der Waals surface area contributed by atoms with Crippen LogP contribution in [-0.4, -0.2) is 16.6 Å². The first kappa shape index (κ1) is 9.92. The Balaban J connectivity index is 1.83. The summed E-state index contributed by atoms with van der Waals surface area (Å²) in [5, 5.41) is 2.05. The maximum atomic E-state index is 5.44. The molecule has 2 N–H and O–H groups in total. The molecule has 2 aromatic rings. The fourth-order valence-corrected chi connectivity index (χ4v) is 1.84. The van der Waals surface area contributed by atoms with Crippen LogP contribution in [0.3, 0.4) is 0 Å². The molecule has 4 nitrogen and oxygen atoms in total. The van der Waals surface area contributed by atoms with Gasteiger partial charge in [0.05, 0.1) is 6.61 Å². The van der Waals surface area contributed by atoms with Crippen molar-refractivity contribution < 1.29 is 4.74 Å². The van der Waals surface area contributed by atoms with E-state index in [2.05, 4.69) is 21.4 Å². The zero-order chi connectivity index (χ0) is 10.5. The van der Waals surface area contributed by atoms with E-state index in [-0.39, 0.29) is 5.95 Å². The summed E-state index contributed by atoms with van der Waals surface area (Å²) in [5.74, 6) is 0.766. The van der Waals surface area contributed by atoms with Crippen LogP contribution in [0, 0.1) is 0 Å². The first-order chi connectivity index (χ1) is 7.34. The molecule has 78 valence electrons. The first-order valence-electron chi connectivity index (χ1n) is 4.58. The average Bonchev–Trinajstić information content (AvgIpc) is 2.71. The number of thiophene rings is 1. The van der Waals surface area contributed by atoms with Crippen molar-refractivity contribution in [3.05, 3.63) is 34.7 Å². The van der Waals surface area contributed by atoms with E-state index in [0.717, 1.165) is 6.42 Å². The molecule has 0 aliphatic rings. The largest absolute Gasteiger partial charge is 0.477 e. The third kappa shape index (κ3) is 2.92. The number of ether oxygens (including phenoxy) is 1. The predicted molar refractivity (Wildman–Crippen MR) is 60.0 cm³/mol. The van der Waals surface area contributed by atoms with Crippen molar-refractivity contribution in [3.8, 4) is 5.88 Å². The van der Waals surface area contributed by atoms with Gasteiger partial charge in [0.2, 0.25) is 11.8 Å². The molecule has 0 aromatic carbocycles. The second kappa shape index (κ2) is 4.75. The molecule has 0 aliphatic heterocycles. The molecule has 0 radical (unpaired) electrons. The molecule has 0 amide bonds. The lowest BCUT2D eigenvalue weighted by molar-refractivity contribution is 0.310. The standard InChI is InChI=1S/C10H11N3OS/c11-10-12-5-3-9(13-10)14-6-4-8-2-1-7-15-8/h1-3,5,7H,4,6H2,(H2,11,12,13). The highest BCUT2D eigenvalue weighted by atomic mass is 32.1. The van der Waals surface area contributed by atoms with Crippen LogP contribution in [0.15, 0.2) is 29.8 Å². The number of nitrogens with zero attached hydrogens (tertiary/aromatic N) is 2. The van der Waals surface area contributed by atoms with Gasteiger partial charge in [0, 0.05) is 23.6 Å². The Labute approximate surface area is 91.8 Å².